The van der Waals surface area contributed by atoms with Crippen LogP contribution in [0.2, 0.25) is 0 Å². The lowest BCUT2D eigenvalue weighted by Gasteiger charge is -2.25. The van der Waals surface area contributed by atoms with E-state index < -0.39 is 17.8 Å². The van der Waals surface area contributed by atoms with Crippen LogP contribution in [-0.4, -0.2) is 27.3 Å². The fraction of sp³-hybridized carbons (Fsp3) is 0.0500. The number of carbonyl (C=O) groups is 3. The Morgan fingerprint density at radius 2 is 1.82 bits per heavy atom. The van der Waals surface area contributed by atoms with Gasteiger partial charge in [0, 0.05) is 17.6 Å². The molecule has 0 atom stereocenters. The summed E-state index contributed by atoms with van der Waals surface area (Å²) in [5.41, 5.74) is 0.996. The predicted molar refractivity (Wildman–Crippen MR) is 96.5 cm³/mol. The number of halogens is 1. The molecule has 0 unspecified atom stereocenters. The van der Waals surface area contributed by atoms with Gasteiger partial charge in [0.05, 0.1) is 12.8 Å². The standard InChI is InChI=1S/C20H14FN3O4/c21-13-5-7-14(8-6-13)23-9-1-3-15(23)11-17-18(25)22-20(27)24(19(17)26)12-16-4-2-10-28-16/h1-11H,12H2,(H,22,25,27). The number of barbiturate groups is 1. The molecule has 1 saturated heterocycles. The van der Waals surface area contributed by atoms with Gasteiger partial charge < -0.3 is 8.98 Å². The van der Waals surface area contributed by atoms with Crippen molar-refractivity contribution in [2.45, 2.75) is 6.54 Å². The number of urea groups is 1. The van der Waals surface area contributed by atoms with E-state index in [2.05, 4.69) is 5.32 Å². The predicted octanol–water partition coefficient (Wildman–Crippen LogP) is 2.87. The average molecular weight is 379 g/mol. The smallest absolute Gasteiger partial charge is 0.331 e. The molecule has 0 saturated carbocycles. The lowest BCUT2D eigenvalue weighted by molar-refractivity contribution is -0.130. The third-order valence-electron chi connectivity index (χ3n) is 4.26. The lowest BCUT2D eigenvalue weighted by Crippen LogP contribution is -2.53. The van der Waals surface area contributed by atoms with Crippen LogP contribution in [0.1, 0.15) is 11.5 Å². The maximum absolute atomic E-state index is 13.2. The van der Waals surface area contributed by atoms with E-state index in [9.17, 15) is 18.8 Å². The minimum Gasteiger partial charge on any atom is -0.467 e. The molecule has 4 rings (SSSR count). The van der Waals surface area contributed by atoms with Gasteiger partial charge in [-0.2, -0.15) is 0 Å². The molecule has 1 aliphatic rings. The molecule has 140 valence electrons. The van der Waals surface area contributed by atoms with E-state index in [1.54, 1.807) is 47.2 Å². The van der Waals surface area contributed by atoms with E-state index in [1.165, 1.54) is 24.5 Å². The van der Waals surface area contributed by atoms with E-state index in [0.717, 1.165) is 4.90 Å². The number of carbonyl (C=O) groups excluding carboxylic acids is 3. The largest absolute Gasteiger partial charge is 0.467 e. The van der Waals surface area contributed by atoms with Gasteiger partial charge in [-0.25, -0.2) is 9.18 Å². The Balaban J connectivity index is 1.68. The molecule has 7 nitrogen and oxygen atoms in total. The van der Waals surface area contributed by atoms with Gasteiger partial charge >= 0.3 is 6.03 Å². The minimum absolute atomic E-state index is 0.0960. The first-order valence-electron chi connectivity index (χ1n) is 8.37. The van der Waals surface area contributed by atoms with Crippen LogP contribution in [0.4, 0.5) is 9.18 Å². The highest BCUT2D eigenvalue weighted by Crippen LogP contribution is 2.20. The summed E-state index contributed by atoms with van der Waals surface area (Å²) in [7, 11) is 0. The second kappa shape index (κ2) is 6.99. The van der Waals surface area contributed by atoms with Crippen LogP contribution in [-0.2, 0) is 16.1 Å². The Hall–Kier alpha value is -3.94. The second-order valence-electron chi connectivity index (χ2n) is 6.07. The molecule has 4 amide bonds. The molecular weight excluding hydrogens is 365 g/mol. The minimum atomic E-state index is -0.808. The summed E-state index contributed by atoms with van der Waals surface area (Å²) in [4.78, 5) is 38.0. The summed E-state index contributed by atoms with van der Waals surface area (Å²) in [5, 5.41) is 2.16. The molecule has 0 bridgehead atoms. The Bertz CT molecular complexity index is 1080. The summed E-state index contributed by atoms with van der Waals surface area (Å²) < 4.78 is 20.0. The maximum Gasteiger partial charge on any atom is 0.331 e. The number of furan rings is 1. The average Bonchev–Trinajstić information content (AvgIpc) is 3.35. The number of benzene rings is 1. The Morgan fingerprint density at radius 1 is 1.04 bits per heavy atom. The fourth-order valence-electron chi connectivity index (χ4n) is 2.89. The quantitative estimate of drug-likeness (QED) is 0.558. The number of hydrogen-bond donors (Lipinski definition) is 1. The Labute approximate surface area is 158 Å². The molecule has 1 N–H and O–H groups in total. The van der Waals surface area contributed by atoms with E-state index in [4.69, 9.17) is 4.42 Å². The number of amides is 4. The van der Waals surface area contributed by atoms with Crippen molar-refractivity contribution in [2.75, 3.05) is 0 Å². The first-order chi connectivity index (χ1) is 13.5. The van der Waals surface area contributed by atoms with Crippen LogP contribution in [0.5, 0.6) is 0 Å². The highest BCUT2D eigenvalue weighted by atomic mass is 19.1. The molecule has 1 aliphatic heterocycles. The van der Waals surface area contributed by atoms with E-state index in [-0.39, 0.29) is 17.9 Å². The fourth-order valence-corrected chi connectivity index (χ4v) is 2.89. The van der Waals surface area contributed by atoms with Crippen LogP contribution >= 0.6 is 0 Å². The number of nitrogens with one attached hydrogen (secondary N) is 1. The van der Waals surface area contributed by atoms with Gasteiger partial charge in [0.15, 0.2) is 0 Å². The number of imide groups is 2. The normalized spacial score (nSPS) is 16.0. The highest BCUT2D eigenvalue weighted by Gasteiger charge is 2.36. The molecule has 1 fully saturated rings. The van der Waals surface area contributed by atoms with Gasteiger partial charge in [-0.1, -0.05) is 0 Å². The van der Waals surface area contributed by atoms with E-state index in [1.807, 2.05) is 0 Å². The first-order valence-corrected chi connectivity index (χ1v) is 8.37. The van der Waals surface area contributed by atoms with Crippen molar-refractivity contribution in [3.8, 4) is 5.69 Å². The third-order valence-corrected chi connectivity index (χ3v) is 4.26. The van der Waals surface area contributed by atoms with E-state index in [0.29, 0.717) is 17.1 Å². The molecule has 0 aliphatic carbocycles. The monoisotopic (exact) mass is 379 g/mol. The van der Waals surface area contributed by atoms with Crippen molar-refractivity contribution >= 4 is 23.9 Å². The summed E-state index contributed by atoms with van der Waals surface area (Å²) in [6, 6.07) is 11.7. The highest BCUT2D eigenvalue weighted by molar-refractivity contribution is 6.30. The molecule has 28 heavy (non-hydrogen) atoms. The molecule has 2 aromatic heterocycles. The van der Waals surface area contributed by atoms with Crippen molar-refractivity contribution in [1.82, 2.24) is 14.8 Å². The number of rotatable bonds is 4. The summed E-state index contributed by atoms with van der Waals surface area (Å²) >= 11 is 0. The first kappa shape index (κ1) is 17.5. The summed E-state index contributed by atoms with van der Waals surface area (Å²) in [6.07, 6.45) is 4.54. The number of hydrogen-bond acceptors (Lipinski definition) is 4. The van der Waals surface area contributed by atoms with Crippen LogP contribution in [0.25, 0.3) is 11.8 Å². The SMILES string of the molecule is O=C1NC(=O)N(Cc2ccco2)C(=O)C1=Cc1cccn1-c1ccc(F)cc1. The van der Waals surface area contributed by atoms with Crippen molar-refractivity contribution < 1.29 is 23.2 Å². The summed E-state index contributed by atoms with van der Waals surface area (Å²) in [6.45, 7) is -0.0960. The molecule has 3 aromatic rings. The zero-order valence-electron chi connectivity index (χ0n) is 14.5. The van der Waals surface area contributed by atoms with Crippen LogP contribution in [0, 0.1) is 5.82 Å². The molecule has 3 heterocycles. The molecule has 0 spiro atoms. The zero-order valence-corrected chi connectivity index (χ0v) is 14.5. The molecular formula is C20H14FN3O4. The van der Waals surface area contributed by atoms with Gasteiger partial charge in [0.1, 0.15) is 17.2 Å². The van der Waals surface area contributed by atoms with Crippen molar-refractivity contribution in [1.29, 1.82) is 0 Å². The van der Waals surface area contributed by atoms with Gasteiger partial charge in [0.2, 0.25) is 0 Å². The van der Waals surface area contributed by atoms with Crippen molar-refractivity contribution in [3.05, 3.63) is 83.8 Å². The van der Waals surface area contributed by atoms with Gasteiger partial charge in [-0.05, 0) is 54.6 Å². The maximum atomic E-state index is 13.2. The lowest BCUT2D eigenvalue weighted by atomic mass is 10.1. The number of aromatic nitrogens is 1. The third kappa shape index (κ3) is 3.23. The van der Waals surface area contributed by atoms with Crippen LogP contribution in [0.15, 0.2) is 71.0 Å². The Morgan fingerprint density at radius 3 is 2.54 bits per heavy atom. The van der Waals surface area contributed by atoms with E-state index >= 15 is 0 Å². The Kier molecular flexibility index (Phi) is 4.36. The zero-order chi connectivity index (χ0) is 19.7. The number of nitrogens with zero attached hydrogens (tertiary/aromatic N) is 2. The van der Waals surface area contributed by atoms with Crippen molar-refractivity contribution in [2.24, 2.45) is 0 Å². The molecule has 0 radical (unpaired) electrons. The van der Waals surface area contributed by atoms with Crippen LogP contribution < -0.4 is 5.32 Å². The van der Waals surface area contributed by atoms with Gasteiger partial charge in [-0.3, -0.25) is 19.8 Å². The topological polar surface area (TPSA) is 84.6 Å². The second-order valence-corrected chi connectivity index (χ2v) is 6.07. The van der Waals surface area contributed by atoms with Gasteiger partial charge in [-0.15, -0.1) is 0 Å². The van der Waals surface area contributed by atoms with Crippen LogP contribution in [0.3, 0.4) is 0 Å². The van der Waals surface area contributed by atoms with Gasteiger partial charge in [0.25, 0.3) is 11.8 Å². The summed E-state index contributed by atoms with van der Waals surface area (Å²) in [5.74, 6) is -1.47. The molecule has 1 aromatic carbocycles. The molecule has 8 heteroatoms. The van der Waals surface area contributed by atoms with Crippen molar-refractivity contribution in [3.63, 3.8) is 0 Å².